The van der Waals surface area contributed by atoms with E-state index < -0.39 is 12.0 Å². The van der Waals surface area contributed by atoms with E-state index in [0.29, 0.717) is 12.4 Å². The fraction of sp³-hybridized carbons (Fsp3) is 0.857. The number of nitrogens with one attached hydrogen (secondary N) is 1. The van der Waals surface area contributed by atoms with Crippen molar-refractivity contribution < 1.29 is 14.6 Å². The van der Waals surface area contributed by atoms with Gasteiger partial charge in [-0.3, -0.25) is 10.1 Å². The zero-order valence-electron chi connectivity index (χ0n) is 6.58. The van der Waals surface area contributed by atoms with Crippen LogP contribution in [0, 0.1) is 0 Å². The summed E-state index contributed by atoms with van der Waals surface area (Å²) in [5.41, 5.74) is 0. The van der Waals surface area contributed by atoms with Crippen molar-refractivity contribution in [3.05, 3.63) is 0 Å². The molecule has 2 aliphatic rings. The van der Waals surface area contributed by atoms with E-state index in [-0.39, 0.29) is 4.87 Å². The largest absolute Gasteiger partial charge is 0.480 e. The van der Waals surface area contributed by atoms with Crippen molar-refractivity contribution in [3.8, 4) is 0 Å². The van der Waals surface area contributed by atoms with Crippen molar-refractivity contribution in [2.75, 3.05) is 19.0 Å². The molecular weight excluding hydrogens is 178 g/mol. The Morgan fingerprint density at radius 3 is 3.08 bits per heavy atom. The van der Waals surface area contributed by atoms with Crippen LogP contribution in [0.1, 0.15) is 6.42 Å². The molecule has 5 heteroatoms. The van der Waals surface area contributed by atoms with Gasteiger partial charge in [0.25, 0.3) is 0 Å². The number of hydrogen-bond acceptors (Lipinski definition) is 4. The van der Waals surface area contributed by atoms with E-state index in [0.717, 1.165) is 13.0 Å². The monoisotopic (exact) mass is 189 g/mol. The quantitative estimate of drug-likeness (QED) is 0.603. The summed E-state index contributed by atoms with van der Waals surface area (Å²) in [7, 11) is 0. The number of aliphatic carboxylic acids is 1. The Hall–Kier alpha value is -0.260. The molecule has 0 bridgehead atoms. The maximum absolute atomic E-state index is 10.6. The average molecular weight is 189 g/mol. The number of rotatable bonds is 1. The van der Waals surface area contributed by atoms with Crippen LogP contribution >= 0.6 is 11.8 Å². The third-order valence-corrected chi connectivity index (χ3v) is 3.74. The van der Waals surface area contributed by atoms with Crippen LogP contribution in [0.15, 0.2) is 0 Å². The molecule has 0 aromatic carbocycles. The third kappa shape index (κ3) is 1.32. The number of hydrogen-bond donors (Lipinski definition) is 2. The molecule has 0 aromatic rings. The summed E-state index contributed by atoms with van der Waals surface area (Å²) in [5, 5.41) is 11.8. The number of carboxylic acid groups (broad SMARTS) is 1. The normalized spacial score (nSPS) is 40.8. The molecule has 0 amide bonds. The van der Waals surface area contributed by atoms with E-state index in [2.05, 4.69) is 5.32 Å². The van der Waals surface area contributed by atoms with Crippen molar-refractivity contribution in [3.63, 3.8) is 0 Å². The van der Waals surface area contributed by atoms with E-state index in [1.807, 2.05) is 0 Å². The smallest absolute Gasteiger partial charge is 0.321 e. The standard InChI is InChI=1S/C7H11NO3S/c9-6(10)5-3-12-7(8-5)1-2-11-4-7/h5,8H,1-4H2,(H,9,10)/t5-,7?/m1/s1. The molecule has 0 radical (unpaired) electrons. The molecule has 2 heterocycles. The lowest BCUT2D eigenvalue weighted by atomic mass is 10.2. The fourth-order valence-electron chi connectivity index (χ4n) is 1.55. The van der Waals surface area contributed by atoms with Gasteiger partial charge in [-0.2, -0.15) is 0 Å². The number of thioether (sulfide) groups is 1. The van der Waals surface area contributed by atoms with Crippen LogP contribution in [0.3, 0.4) is 0 Å². The molecule has 12 heavy (non-hydrogen) atoms. The lowest BCUT2D eigenvalue weighted by molar-refractivity contribution is -0.138. The molecule has 2 rings (SSSR count). The van der Waals surface area contributed by atoms with E-state index in [1.165, 1.54) is 0 Å². The number of carboxylic acids is 1. The van der Waals surface area contributed by atoms with E-state index in [9.17, 15) is 4.79 Å². The zero-order valence-corrected chi connectivity index (χ0v) is 7.39. The Kier molecular flexibility index (Phi) is 2.02. The first kappa shape index (κ1) is 8.34. The van der Waals surface area contributed by atoms with Crippen molar-refractivity contribution in [1.82, 2.24) is 5.32 Å². The minimum absolute atomic E-state index is 0.0942. The molecule has 1 unspecified atom stereocenters. The topological polar surface area (TPSA) is 58.6 Å². The molecular formula is C7H11NO3S. The first-order valence-corrected chi connectivity index (χ1v) is 4.93. The zero-order chi connectivity index (χ0) is 8.60. The molecule has 2 fully saturated rings. The number of ether oxygens (including phenoxy) is 1. The predicted octanol–water partition coefficient (Wildman–Crippen LogP) is -0.107. The van der Waals surface area contributed by atoms with Crippen LogP contribution in [0.25, 0.3) is 0 Å². The van der Waals surface area contributed by atoms with Gasteiger partial charge >= 0.3 is 5.97 Å². The minimum atomic E-state index is -0.758. The summed E-state index contributed by atoms with van der Waals surface area (Å²) in [5.74, 6) is -0.107. The molecule has 0 aliphatic carbocycles. The highest BCUT2D eigenvalue weighted by molar-refractivity contribution is 8.01. The SMILES string of the molecule is O=C(O)[C@H]1CSC2(CCOC2)N1. The van der Waals surface area contributed by atoms with Crippen LogP contribution in [0.4, 0.5) is 0 Å². The third-order valence-electron chi connectivity index (χ3n) is 2.25. The van der Waals surface area contributed by atoms with Gasteiger partial charge in [0.05, 0.1) is 11.5 Å². The highest BCUT2D eigenvalue weighted by Crippen LogP contribution is 2.36. The summed E-state index contributed by atoms with van der Waals surface area (Å²) in [6.45, 7) is 1.38. The van der Waals surface area contributed by atoms with Gasteiger partial charge in [-0.25, -0.2) is 0 Å². The minimum Gasteiger partial charge on any atom is -0.480 e. The van der Waals surface area contributed by atoms with Crippen molar-refractivity contribution in [1.29, 1.82) is 0 Å². The molecule has 2 N–H and O–H groups in total. The summed E-state index contributed by atoms with van der Waals surface area (Å²) in [6, 6.07) is -0.392. The van der Waals surface area contributed by atoms with Gasteiger partial charge in [0, 0.05) is 18.8 Å². The Morgan fingerprint density at radius 2 is 2.58 bits per heavy atom. The second-order valence-electron chi connectivity index (χ2n) is 3.14. The van der Waals surface area contributed by atoms with Gasteiger partial charge in [-0.15, -0.1) is 11.8 Å². The highest BCUT2D eigenvalue weighted by atomic mass is 32.2. The van der Waals surface area contributed by atoms with Gasteiger partial charge in [-0.1, -0.05) is 0 Å². The first-order chi connectivity index (χ1) is 5.72. The Labute approximate surface area is 74.7 Å². The maximum Gasteiger partial charge on any atom is 0.321 e. The van der Waals surface area contributed by atoms with E-state index >= 15 is 0 Å². The van der Waals surface area contributed by atoms with Crippen molar-refractivity contribution in [2.24, 2.45) is 0 Å². The Bertz CT molecular complexity index is 203. The molecule has 2 aliphatic heterocycles. The summed E-state index contributed by atoms with van der Waals surface area (Å²) in [6.07, 6.45) is 0.918. The molecule has 2 saturated heterocycles. The first-order valence-electron chi connectivity index (χ1n) is 3.94. The van der Waals surface area contributed by atoms with Gasteiger partial charge in [0.1, 0.15) is 6.04 Å². The van der Waals surface area contributed by atoms with Crippen LogP contribution < -0.4 is 5.32 Å². The van der Waals surface area contributed by atoms with Gasteiger partial charge in [-0.05, 0) is 0 Å². The number of carbonyl (C=O) groups is 1. The second-order valence-corrected chi connectivity index (χ2v) is 4.55. The molecule has 2 atom stereocenters. The van der Waals surface area contributed by atoms with E-state index in [1.54, 1.807) is 11.8 Å². The molecule has 0 aromatic heterocycles. The van der Waals surface area contributed by atoms with Crippen LogP contribution in [0.2, 0.25) is 0 Å². The van der Waals surface area contributed by atoms with E-state index in [4.69, 9.17) is 9.84 Å². The van der Waals surface area contributed by atoms with Gasteiger partial charge in [0.2, 0.25) is 0 Å². The second kappa shape index (κ2) is 2.90. The van der Waals surface area contributed by atoms with Crippen molar-refractivity contribution >= 4 is 17.7 Å². The molecule has 68 valence electrons. The summed E-state index contributed by atoms with van der Waals surface area (Å²) >= 11 is 1.67. The Morgan fingerprint density at radius 1 is 1.75 bits per heavy atom. The average Bonchev–Trinajstić information content (AvgIpc) is 2.62. The van der Waals surface area contributed by atoms with Crippen LogP contribution in [-0.2, 0) is 9.53 Å². The molecule has 0 saturated carbocycles. The fourth-order valence-corrected chi connectivity index (χ4v) is 2.88. The van der Waals surface area contributed by atoms with Gasteiger partial charge < -0.3 is 9.84 Å². The summed E-state index contributed by atoms with van der Waals surface area (Å²) < 4.78 is 5.23. The lowest BCUT2D eigenvalue weighted by Crippen LogP contribution is -2.45. The predicted molar refractivity (Wildman–Crippen MR) is 45.2 cm³/mol. The maximum atomic E-state index is 10.6. The molecule has 4 nitrogen and oxygen atoms in total. The lowest BCUT2D eigenvalue weighted by Gasteiger charge is -2.20. The summed E-state index contributed by atoms with van der Waals surface area (Å²) in [4.78, 5) is 10.5. The van der Waals surface area contributed by atoms with Crippen molar-refractivity contribution in [2.45, 2.75) is 17.3 Å². The highest BCUT2D eigenvalue weighted by Gasteiger charge is 2.44. The van der Waals surface area contributed by atoms with Crippen LogP contribution in [-0.4, -0.2) is 41.0 Å². The molecule has 1 spiro atoms. The van der Waals surface area contributed by atoms with Gasteiger partial charge in [0.15, 0.2) is 0 Å². The van der Waals surface area contributed by atoms with Crippen LogP contribution in [0.5, 0.6) is 0 Å². The Balaban J connectivity index is 2.01.